The second-order valence-electron chi connectivity index (χ2n) is 11.9. The largest absolute Gasteiger partial charge is 0.393 e. The van der Waals surface area contributed by atoms with Gasteiger partial charge >= 0.3 is 0 Å². The maximum Gasteiger partial charge on any atom is 0.0578 e. The third kappa shape index (κ3) is 3.50. The summed E-state index contributed by atoms with van der Waals surface area (Å²) in [4.78, 5) is 0. The molecule has 0 radical (unpaired) electrons. The lowest BCUT2D eigenvalue weighted by molar-refractivity contribution is 0.0382. The van der Waals surface area contributed by atoms with E-state index in [9.17, 15) is 5.11 Å². The van der Waals surface area contributed by atoms with Crippen LogP contribution in [-0.4, -0.2) is 11.2 Å². The molecule has 3 fully saturated rings. The summed E-state index contributed by atoms with van der Waals surface area (Å²) < 4.78 is 0. The first-order chi connectivity index (χ1) is 13.7. The molecule has 0 aliphatic heterocycles. The van der Waals surface area contributed by atoms with Crippen LogP contribution in [0, 0.1) is 46.3 Å². The Balaban J connectivity index is 1.57. The normalized spacial score (nSPS) is 44.0. The Kier molecular flexibility index (Phi) is 5.69. The number of hydrogen-bond donors (Lipinski definition) is 1. The van der Waals surface area contributed by atoms with Crippen molar-refractivity contribution in [3.05, 3.63) is 35.5 Å². The van der Waals surface area contributed by atoms with Crippen molar-refractivity contribution in [1.29, 1.82) is 0 Å². The average molecular weight is 397 g/mol. The van der Waals surface area contributed by atoms with Gasteiger partial charge in [0.05, 0.1) is 6.10 Å². The highest BCUT2D eigenvalue weighted by molar-refractivity contribution is 5.39. The quantitative estimate of drug-likeness (QED) is 0.493. The fourth-order valence-corrected chi connectivity index (χ4v) is 7.59. The highest BCUT2D eigenvalue weighted by atomic mass is 16.3. The smallest absolute Gasteiger partial charge is 0.0578 e. The lowest BCUT2D eigenvalue weighted by Crippen LogP contribution is -2.46. The molecule has 3 saturated carbocycles. The van der Waals surface area contributed by atoms with Crippen LogP contribution in [-0.2, 0) is 0 Å². The van der Waals surface area contributed by atoms with Gasteiger partial charge in [-0.2, -0.15) is 0 Å². The number of fused-ring (bicyclic) bond motifs is 5. The maximum absolute atomic E-state index is 10.2. The second kappa shape index (κ2) is 7.70. The number of allylic oxidation sites excluding steroid dienone is 5. The molecule has 162 valence electrons. The summed E-state index contributed by atoms with van der Waals surface area (Å²) in [5.41, 5.74) is 4.07. The topological polar surface area (TPSA) is 20.2 Å². The summed E-state index contributed by atoms with van der Waals surface area (Å²) in [5, 5.41) is 10.2. The Bertz CT molecular complexity index is 712. The lowest BCUT2D eigenvalue weighted by Gasteiger charge is -2.55. The van der Waals surface area contributed by atoms with E-state index in [1.807, 2.05) is 0 Å². The molecule has 1 heteroatoms. The second-order valence-corrected chi connectivity index (χ2v) is 11.9. The van der Waals surface area contributed by atoms with E-state index in [1.165, 1.54) is 37.7 Å². The van der Waals surface area contributed by atoms with Gasteiger partial charge in [-0.1, -0.05) is 77.0 Å². The van der Waals surface area contributed by atoms with Gasteiger partial charge in [0.2, 0.25) is 0 Å². The zero-order valence-electron chi connectivity index (χ0n) is 19.7. The SMILES string of the molecule is CC(/C=C/[C@H](C)C(C)C)C1CC[C@H]2C3=CC=C4CC(O)CCC4(C)[C@H]3CCC12C. The molecule has 0 bridgehead atoms. The fraction of sp³-hybridized carbons (Fsp3) is 0.786. The third-order valence-corrected chi connectivity index (χ3v) is 10.0. The van der Waals surface area contributed by atoms with Crippen LogP contribution in [0.1, 0.15) is 86.5 Å². The molecule has 0 saturated heterocycles. The van der Waals surface area contributed by atoms with Crippen LogP contribution in [0.15, 0.2) is 35.5 Å². The van der Waals surface area contributed by atoms with Crippen molar-refractivity contribution >= 4 is 0 Å². The van der Waals surface area contributed by atoms with Crippen LogP contribution in [0.25, 0.3) is 0 Å². The van der Waals surface area contributed by atoms with E-state index in [4.69, 9.17) is 0 Å². The predicted molar refractivity (Wildman–Crippen MR) is 123 cm³/mol. The van der Waals surface area contributed by atoms with E-state index in [0.29, 0.717) is 22.7 Å². The highest BCUT2D eigenvalue weighted by Crippen LogP contribution is 2.65. The van der Waals surface area contributed by atoms with E-state index in [-0.39, 0.29) is 6.10 Å². The molecule has 0 spiro atoms. The zero-order valence-corrected chi connectivity index (χ0v) is 19.7. The molecule has 0 aromatic rings. The molecule has 4 aliphatic carbocycles. The van der Waals surface area contributed by atoms with Crippen molar-refractivity contribution in [2.75, 3.05) is 0 Å². The molecule has 4 aliphatic rings. The summed E-state index contributed by atoms with van der Waals surface area (Å²) in [6.45, 7) is 14.6. The first kappa shape index (κ1) is 21.4. The third-order valence-electron chi connectivity index (χ3n) is 10.0. The minimum atomic E-state index is -0.116. The Hall–Kier alpha value is -0.820. The van der Waals surface area contributed by atoms with Crippen molar-refractivity contribution in [3.8, 4) is 0 Å². The van der Waals surface area contributed by atoms with E-state index in [1.54, 1.807) is 5.57 Å². The minimum absolute atomic E-state index is 0.116. The van der Waals surface area contributed by atoms with Crippen LogP contribution in [0.5, 0.6) is 0 Å². The minimum Gasteiger partial charge on any atom is -0.393 e. The number of aliphatic hydroxyl groups excluding tert-OH is 1. The molecular formula is C28H44O. The maximum atomic E-state index is 10.2. The van der Waals surface area contributed by atoms with E-state index in [0.717, 1.165) is 36.5 Å². The molecule has 0 aromatic heterocycles. The van der Waals surface area contributed by atoms with Crippen LogP contribution >= 0.6 is 0 Å². The molecule has 1 N–H and O–H groups in total. The Labute approximate surface area is 179 Å². The first-order valence-corrected chi connectivity index (χ1v) is 12.4. The van der Waals surface area contributed by atoms with Crippen LogP contribution in [0.3, 0.4) is 0 Å². The van der Waals surface area contributed by atoms with Gasteiger partial charge in [0.15, 0.2) is 0 Å². The number of aliphatic hydroxyl groups is 1. The highest BCUT2D eigenvalue weighted by Gasteiger charge is 2.56. The molecule has 0 amide bonds. The number of hydrogen-bond acceptors (Lipinski definition) is 1. The number of rotatable bonds is 4. The molecule has 0 aromatic carbocycles. The molecule has 0 heterocycles. The summed E-state index contributed by atoms with van der Waals surface area (Å²) in [7, 11) is 0. The summed E-state index contributed by atoms with van der Waals surface area (Å²) >= 11 is 0. The van der Waals surface area contributed by atoms with Crippen LogP contribution in [0.4, 0.5) is 0 Å². The Morgan fingerprint density at radius 1 is 0.931 bits per heavy atom. The van der Waals surface area contributed by atoms with Gasteiger partial charge in [0.25, 0.3) is 0 Å². The van der Waals surface area contributed by atoms with Crippen molar-refractivity contribution in [3.63, 3.8) is 0 Å². The van der Waals surface area contributed by atoms with Gasteiger partial charge in [0.1, 0.15) is 0 Å². The van der Waals surface area contributed by atoms with Crippen LogP contribution in [0.2, 0.25) is 0 Å². The van der Waals surface area contributed by atoms with Crippen molar-refractivity contribution in [2.45, 2.75) is 92.6 Å². The summed E-state index contributed by atoms with van der Waals surface area (Å²) in [6.07, 6.45) is 18.4. The van der Waals surface area contributed by atoms with Crippen LogP contribution < -0.4 is 0 Å². The van der Waals surface area contributed by atoms with Crippen molar-refractivity contribution < 1.29 is 5.11 Å². The zero-order chi connectivity index (χ0) is 21.0. The van der Waals surface area contributed by atoms with Crippen molar-refractivity contribution in [2.24, 2.45) is 46.3 Å². The van der Waals surface area contributed by atoms with E-state index < -0.39 is 0 Å². The molecular weight excluding hydrogens is 352 g/mol. The molecule has 29 heavy (non-hydrogen) atoms. The molecule has 8 atom stereocenters. The molecule has 5 unspecified atom stereocenters. The fourth-order valence-electron chi connectivity index (χ4n) is 7.59. The summed E-state index contributed by atoms with van der Waals surface area (Å²) in [5.74, 6) is 4.38. The summed E-state index contributed by atoms with van der Waals surface area (Å²) in [6, 6.07) is 0. The monoisotopic (exact) mass is 396 g/mol. The van der Waals surface area contributed by atoms with Gasteiger partial charge in [-0.15, -0.1) is 0 Å². The Morgan fingerprint density at radius 2 is 1.69 bits per heavy atom. The first-order valence-electron chi connectivity index (χ1n) is 12.4. The van der Waals surface area contributed by atoms with E-state index in [2.05, 4.69) is 65.8 Å². The van der Waals surface area contributed by atoms with E-state index >= 15 is 0 Å². The van der Waals surface area contributed by atoms with Crippen molar-refractivity contribution in [1.82, 2.24) is 0 Å². The van der Waals surface area contributed by atoms with Gasteiger partial charge in [-0.05, 0) is 91.3 Å². The standard InChI is InChI=1S/C28H44O/c1-18(2)19(3)7-8-20(4)24-11-12-25-23-10-9-21-17-22(29)13-15-27(21,5)26(23)14-16-28(24,25)6/h7-10,18-20,22,24-26,29H,11-17H2,1-6H3/b8-7+/t19-,20?,22?,24?,25-,26-,27?,28?/m0/s1. The average Bonchev–Trinajstić information content (AvgIpc) is 3.03. The van der Waals surface area contributed by atoms with Gasteiger partial charge in [-0.3, -0.25) is 0 Å². The lowest BCUT2D eigenvalue weighted by atomic mass is 9.50. The predicted octanol–water partition coefficient (Wildman–Crippen LogP) is 7.33. The molecule has 4 rings (SSSR count). The van der Waals surface area contributed by atoms with Gasteiger partial charge in [-0.25, -0.2) is 0 Å². The van der Waals surface area contributed by atoms with Gasteiger partial charge < -0.3 is 5.11 Å². The molecule has 1 nitrogen and oxygen atoms in total. The van der Waals surface area contributed by atoms with Gasteiger partial charge in [0, 0.05) is 0 Å². The Morgan fingerprint density at radius 3 is 2.41 bits per heavy atom.